The van der Waals surface area contributed by atoms with Crippen molar-refractivity contribution in [3.05, 3.63) is 15.6 Å². The van der Waals surface area contributed by atoms with Gasteiger partial charge in [0.1, 0.15) is 5.60 Å². The Bertz CT molecular complexity index is 819. The van der Waals surface area contributed by atoms with E-state index in [0.29, 0.717) is 17.8 Å². The van der Waals surface area contributed by atoms with Crippen molar-refractivity contribution in [1.29, 1.82) is 0 Å². The number of fused-ring (bicyclic) bond motifs is 1. The van der Waals surface area contributed by atoms with Gasteiger partial charge in [-0.3, -0.25) is 9.59 Å². The van der Waals surface area contributed by atoms with Crippen molar-refractivity contribution in [3.8, 4) is 0 Å². The Balaban J connectivity index is 1.69. The SMILES string of the molecule is CN1CCc2nc(C(=O)NC3CCC(C(=O)O)CC3NC(=O)OC(C)(C)C)sc2C1. The van der Waals surface area contributed by atoms with Crippen molar-refractivity contribution in [2.24, 2.45) is 5.92 Å². The number of hydrogen-bond donors (Lipinski definition) is 3. The summed E-state index contributed by atoms with van der Waals surface area (Å²) in [5, 5.41) is 15.5. The number of aliphatic carboxylic acids is 1. The average Bonchev–Trinajstić information content (AvgIpc) is 3.04. The quantitative estimate of drug-likeness (QED) is 0.657. The molecule has 10 heteroatoms. The minimum Gasteiger partial charge on any atom is -0.481 e. The van der Waals surface area contributed by atoms with Crippen LogP contribution in [0.2, 0.25) is 0 Å². The molecule has 3 atom stereocenters. The number of ether oxygens (including phenoxy) is 1. The number of thiazole rings is 1. The van der Waals surface area contributed by atoms with E-state index in [9.17, 15) is 19.5 Å². The molecule has 1 aliphatic carbocycles. The van der Waals surface area contributed by atoms with Crippen LogP contribution in [-0.4, -0.2) is 64.2 Å². The summed E-state index contributed by atoms with van der Waals surface area (Å²) in [6, 6.07) is -0.913. The number of carbonyl (C=O) groups excluding carboxylic acids is 2. The van der Waals surface area contributed by atoms with Crippen molar-refractivity contribution in [3.63, 3.8) is 0 Å². The summed E-state index contributed by atoms with van der Waals surface area (Å²) in [5.41, 5.74) is 0.304. The summed E-state index contributed by atoms with van der Waals surface area (Å²) in [5.74, 6) is -1.75. The van der Waals surface area contributed by atoms with Crippen LogP contribution in [0.5, 0.6) is 0 Å². The number of nitrogens with one attached hydrogen (secondary N) is 2. The maximum atomic E-state index is 12.9. The Morgan fingerprint density at radius 3 is 2.60 bits per heavy atom. The number of carboxylic acid groups (broad SMARTS) is 1. The number of nitrogens with zero attached hydrogens (tertiary/aromatic N) is 2. The molecular formula is C20H30N4O5S. The van der Waals surface area contributed by atoms with Gasteiger partial charge in [0.25, 0.3) is 5.91 Å². The lowest BCUT2D eigenvalue weighted by Crippen LogP contribution is -2.55. The first kappa shape index (κ1) is 22.5. The zero-order chi connectivity index (χ0) is 22.1. The summed E-state index contributed by atoms with van der Waals surface area (Å²) >= 11 is 1.39. The monoisotopic (exact) mass is 438 g/mol. The largest absolute Gasteiger partial charge is 0.481 e. The molecule has 2 heterocycles. The summed E-state index contributed by atoms with van der Waals surface area (Å²) in [4.78, 5) is 44.4. The highest BCUT2D eigenvalue weighted by atomic mass is 32.1. The number of alkyl carbamates (subject to hydrolysis) is 1. The Kier molecular flexibility index (Phi) is 6.66. The molecule has 3 unspecified atom stereocenters. The van der Waals surface area contributed by atoms with E-state index in [1.54, 1.807) is 20.8 Å². The van der Waals surface area contributed by atoms with Gasteiger partial charge < -0.3 is 25.4 Å². The van der Waals surface area contributed by atoms with E-state index < -0.39 is 29.6 Å². The van der Waals surface area contributed by atoms with Gasteiger partial charge in [0.2, 0.25) is 0 Å². The first-order chi connectivity index (χ1) is 14.0. The minimum absolute atomic E-state index is 0.235. The predicted molar refractivity (Wildman–Crippen MR) is 112 cm³/mol. The highest BCUT2D eigenvalue weighted by molar-refractivity contribution is 7.13. The number of rotatable bonds is 4. The molecule has 2 aliphatic rings. The Morgan fingerprint density at radius 2 is 1.93 bits per heavy atom. The lowest BCUT2D eigenvalue weighted by atomic mass is 9.82. The smallest absolute Gasteiger partial charge is 0.407 e. The normalized spacial score (nSPS) is 24.6. The van der Waals surface area contributed by atoms with Crippen LogP contribution in [-0.2, 0) is 22.5 Å². The number of aromatic nitrogens is 1. The van der Waals surface area contributed by atoms with Gasteiger partial charge in [-0.05, 0) is 47.1 Å². The maximum absolute atomic E-state index is 12.9. The van der Waals surface area contributed by atoms with Gasteiger partial charge in [-0.1, -0.05) is 0 Å². The molecule has 30 heavy (non-hydrogen) atoms. The summed E-state index contributed by atoms with van der Waals surface area (Å²) in [7, 11) is 2.04. The van der Waals surface area contributed by atoms with Crippen molar-refractivity contribution in [1.82, 2.24) is 20.5 Å². The van der Waals surface area contributed by atoms with Crippen LogP contribution in [0.1, 0.15) is 60.4 Å². The molecule has 2 amide bonds. The summed E-state index contributed by atoms with van der Waals surface area (Å²) in [6.07, 6.45) is 1.33. The Morgan fingerprint density at radius 1 is 1.20 bits per heavy atom. The van der Waals surface area contributed by atoms with Gasteiger partial charge >= 0.3 is 12.1 Å². The molecule has 0 spiro atoms. The van der Waals surface area contributed by atoms with Gasteiger partial charge in [0.05, 0.1) is 17.7 Å². The summed E-state index contributed by atoms with van der Waals surface area (Å²) < 4.78 is 5.31. The van der Waals surface area contributed by atoms with E-state index in [1.807, 2.05) is 7.05 Å². The van der Waals surface area contributed by atoms with Crippen LogP contribution in [0, 0.1) is 5.92 Å². The lowest BCUT2D eigenvalue weighted by Gasteiger charge is -2.35. The highest BCUT2D eigenvalue weighted by Gasteiger charge is 2.37. The molecule has 1 aromatic rings. The van der Waals surface area contributed by atoms with Crippen LogP contribution < -0.4 is 10.6 Å². The minimum atomic E-state index is -0.896. The maximum Gasteiger partial charge on any atom is 0.407 e. The van der Waals surface area contributed by atoms with E-state index in [1.165, 1.54) is 11.3 Å². The molecule has 1 fully saturated rings. The second kappa shape index (κ2) is 8.89. The van der Waals surface area contributed by atoms with Crippen LogP contribution in [0.4, 0.5) is 4.79 Å². The van der Waals surface area contributed by atoms with Crippen LogP contribution in [0.25, 0.3) is 0 Å². The molecule has 166 valence electrons. The number of carbonyl (C=O) groups is 3. The van der Waals surface area contributed by atoms with Gasteiger partial charge in [-0.15, -0.1) is 11.3 Å². The van der Waals surface area contributed by atoms with Gasteiger partial charge in [-0.25, -0.2) is 9.78 Å². The third-order valence-corrected chi connectivity index (χ3v) is 6.42. The van der Waals surface area contributed by atoms with Crippen molar-refractivity contribution < 1.29 is 24.2 Å². The highest BCUT2D eigenvalue weighted by Crippen LogP contribution is 2.28. The number of amides is 2. The van der Waals surface area contributed by atoms with Crippen molar-refractivity contribution in [2.45, 2.75) is 70.7 Å². The number of hydrogen-bond acceptors (Lipinski definition) is 7. The molecule has 3 N–H and O–H groups in total. The zero-order valence-corrected chi connectivity index (χ0v) is 18.7. The van der Waals surface area contributed by atoms with Crippen molar-refractivity contribution >= 4 is 29.3 Å². The number of carboxylic acids is 1. The third-order valence-electron chi connectivity index (χ3n) is 5.33. The fourth-order valence-electron chi connectivity index (χ4n) is 3.84. The van der Waals surface area contributed by atoms with Gasteiger partial charge in [0, 0.05) is 30.4 Å². The van der Waals surface area contributed by atoms with E-state index >= 15 is 0 Å². The summed E-state index contributed by atoms with van der Waals surface area (Å²) in [6.45, 7) is 6.98. The molecule has 1 saturated carbocycles. The molecule has 3 rings (SSSR count). The Hall–Kier alpha value is -2.20. The molecule has 0 radical (unpaired) electrons. The van der Waals surface area contributed by atoms with E-state index in [4.69, 9.17) is 4.74 Å². The molecule has 1 aliphatic heterocycles. The molecule has 9 nitrogen and oxygen atoms in total. The molecule has 0 aromatic carbocycles. The molecular weight excluding hydrogens is 408 g/mol. The van der Waals surface area contributed by atoms with Crippen LogP contribution in [0.3, 0.4) is 0 Å². The fourth-order valence-corrected chi connectivity index (χ4v) is 4.93. The van der Waals surface area contributed by atoms with Gasteiger partial charge in [-0.2, -0.15) is 0 Å². The first-order valence-corrected chi connectivity index (χ1v) is 11.0. The standard InChI is InChI=1S/C20H30N4O5S/c1-20(2,3)29-19(28)23-14-9-11(18(26)27)5-6-12(14)21-16(25)17-22-13-7-8-24(4)10-15(13)30-17/h11-12,14H,5-10H2,1-4H3,(H,21,25)(H,23,28)(H,26,27). The second-order valence-electron chi connectivity index (χ2n) is 9.06. The molecule has 0 bridgehead atoms. The van der Waals surface area contributed by atoms with E-state index in [2.05, 4.69) is 20.5 Å². The first-order valence-electron chi connectivity index (χ1n) is 10.2. The van der Waals surface area contributed by atoms with Crippen LogP contribution in [0.15, 0.2) is 0 Å². The molecule has 1 aromatic heterocycles. The lowest BCUT2D eigenvalue weighted by molar-refractivity contribution is -0.143. The third kappa shape index (κ3) is 5.69. The molecule has 0 saturated heterocycles. The van der Waals surface area contributed by atoms with Crippen LogP contribution >= 0.6 is 11.3 Å². The predicted octanol–water partition coefficient (Wildman–Crippen LogP) is 2.01. The van der Waals surface area contributed by atoms with Gasteiger partial charge in [0.15, 0.2) is 5.01 Å². The second-order valence-corrected chi connectivity index (χ2v) is 10.1. The van der Waals surface area contributed by atoms with E-state index in [-0.39, 0.29) is 18.4 Å². The Labute approximate surface area is 180 Å². The average molecular weight is 439 g/mol. The van der Waals surface area contributed by atoms with Crippen molar-refractivity contribution in [2.75, 3.05) is 13.6 Å². The fraction of sp³-hybridized carbons (Fsp3) is 0.700. The van der Waals surface area contributed by atoms with E-state index in [0.717, 1.165) is 30.1 Å². The zero-order valence-electron chi connectivity index (χ0n) is 17.9. The topological polar surface area (TPSA) is 121 Å². The number of likely N-dealkylation sites (N-methyl/N-ethyl adjacent to an activating group) is 1.